The summed E-state index contributed by atoms with van der Waals surface area (Å²) in [6, 6.07) is 3.66. The zero-order chi connectivity index (χ0) is 14.5. The van der Waals surface area contributed by atoms with Gasteiger partial charge in [0.2, 0.25) is 0 Å². The van der Waals surface area contributed by atoms with Crippen LogP contribution in [0.25, 0.3) is 0 Å². The molecule has 2 aliphatic rings. The highest BCUT2D eigenvalue weighted by Crippen LogP contribution is 2.48. The van der Waals surface area contributed by atoms with E-state index in [0.29, 0.717) is 6.54 Å². The van der Waals surface area contributed by atoms with Gasteiger partial charge in [0.25, 0.3) is 0 Å². The number of methoxy groups -OCH3 is 1. The Labute approximate surface area is 126 Å². The molecule has 0 spiro atoms. The molecule has 2 atom stereocenters. The minimum absolute atomic E-state index is 0.0505. The first-order valence-electron chi connectivity index (χ1n) is 6.63. The van der Waals surface area contributed by atoms with Crippen molar-refractivity contribution in [2.24, 2.45) is 0 Å². The van der Waals surface area contributed by atoms with E-state index >= 15 is 0 Å². The molecule has 0 aromatic heterocycles. The summed E-state index contributed by atoms with van der Waals surface area (Å²) in [6.07, 6.45) is 0.721. The summed E-state index contributed by atoms with van der Waals surface area (Å²) in [5.74, 6) is 1.53. The fourth-order valence-corrected chi connectivity index (χ4v) is 3.57. The summed E-state index contributed by atoms with van der Waals surface area (Å²) >= 11 is 3.53. The van der Waals surface area contributed by atoms with Crippen LogP contribution < -0.4 is 14.8 Å². The van der Waals surface area contributed by atoms with Gasteiger partial charge in [0.05, 0.1) is 17.6 Å². The molecular weight excluding hydrogens is 324 g/mol. The van der Waals surface area contributed by atoms with Crippen molar-refractivity contribution in [2.45, 2.75) is 32.0 Å². The Morgan fingerprint density at radius 3 is 3.00 bits per heavy atom. The molecule has 0 saturated carbocycles. The number of ether oxygens (including phenoxy) is 2. The number of carbonyl (C=O) groups excluding carboxylic acids is 1. The molecule has 1 aromatic carbocycles. The molecule has 2 aliphatic heterocycles. The normalized spacial score (nSPS) is 27.5. The Kier molecular flexibility index (Phi) is 3.08. The standard InChI is InChI=1S/C14H17BrN2O3/c1-4-17-13(18)16-11-7-14(17,2)20-12-9(11)5-8(19-3)6-10(12)15/h5-6,11H,4,7H2,1-3H3,(H,16,18). The largest absolute Gasteiger partial charge is 0.497 e. The van der Waals surface area contributed by atoms with Crippen LogP contribution in [0.2, 0.25) is 0 Å². The number of urea groups is 1. The van der Waals surface area contributed by atoms with Crippen molar-refractivity contribution >= 4 is 22.0 Å². The molecule has 108 valence electrons. The van der Waals surface area contributed by atoms with Gasteiger partial charge in [0.15, 0.2) is 5.72 Å². The smallest absolute Gasteiger partial charge is 0.320 e. The zero-order valence-electron chi connectivity index (χ0n) is 11.7. The number of nitrogens with one attached hydrogen (secondary N) is 1. The van der Waals surface area contributed by atoms with Crippen LogP contribution in [0.1, 0.15) is 31.9 Å². The average molecular weight is 341 g/mol. The number of carbonyl (C=O) groups is 1. The van der Waals surface area contributed by atoms with Crippen LogP contribution >= 0.6 is 15.9 Å². The van der Waals surface area contributed by atoms with E-state index in [9.17, 15) is 4.79 Å². The molecule has 0 radical (unpaired) electrons. The lowest BCUT2D eigenvalue weighted by molar-refractivity contribution is -0.0821. The second-order valence-electron chi connectivity index (χ2n) is 5.26. The van der Waals surface area contributed by atoms with Crippen LogP contribution in [-0.4, -0.2) is 30.3 Å². The average Bonchev–Trinajstić information content (AvgIpc) is 2.39. The molecule has 5 nitrogen and oxygen atoms in total. The van der Waals surface area contributed by atoms with E-state index in [2.05, 4.69) is 21.2 Å². The second-order valence-corrected chi connectivity index (χ2v) is 6.11. The predicted molar refractivity (Wildman–Crippen MR) is 78.0 cm³/mol. The van der Waals surface area contributed by atoms with Gasteiger partial charge < -0.3 is 14.8 Å². The molecular formula is C14H17BrN2O3. The van der Waals surface area contributed by atoms with E-state index in [0.717, 1.165) is 28.0 Å². The molecule has 2 unspecified atom stereocenters. The Morgan fingerprint density at radius 1 is 1.60 bits per heavy atom. The van der Waals surface area contributed by atoms with E-state index in [-0.39, 0.29) is 12.1 Å². The molecule has 20 heavy (non-hydrogen) atoms. The number of hydrogen-bond acceptors (Lipinski definition) is 3. The minimum Gasteiger partial charge on any atom is -0.497 e. The highest BCUT2D eigenvalue weighted by atomic mass is 79.9. The maximum atomic E-state index is 12.2. The Balaban J connectivity index is 2.11. The quantitative estimate of drug-likeness (QED) is 0.900. The lowest BCUT2D eigenvalue weighted by atomic mass is 9.90. The summed E-state index contributed by atoms with van der Waals surface area (Å²) in [6.45, 7) is 4.52. The number of nitrogens with zero attached hydrogens (tertiary/aromatic N) is 1. The van der Waals surface area contributed by atoms with Gasteiger partial charge in [-0.2, -0.15) is 0 Å². The molecule has 3 rings (SSSR count). The van der Waals surface area contributed by atoms with E-state index in [1.54, 1.807) is 12.0 Å². The number of fused-ring (bicyclic) bond motifs is 4. The predicted octanol–water partition coefficient (Wildman–Crippen LogP) is 3.04. The molecule has 1 aromatic rings. The third-order valence-electron chi connectivity index (χ3n) is 3.99. The van der Waals surface area contributed by atoms with Gasteiger partial charge in [-0.05, 0) is 41.9 Å². The van der Waals surface area contributed by atoms with Crippen molar-refractivity contribution in [1.82, 2.24) is 10.2 Å². The Morgan fingerprint density at radius 2 is 2.35 bits per heavy atom. The lowest BCUT2D eigenvalue weighted by Crippen LogP contribution is -2.64. The van der Waals surface area contributed by atoms with Gasteiger partial charge in [-0.3, -0.25) is 4.90 Å². The first-order valence-corrected chi connectivity index (χ1v) is 7.42. The maximum Gasteiger partial charge on any atom is 0.320 e. The SMILES string of the molecule is CCN1C(=O)NC2CC1(C)Oc1c(Br)cc(OC)cc12. The number of rotatable bonds is 2. The van der Waals surface area contributed by atoms with Crippen molar-refractivity contribution in [3.8, 4) is 11.5 Å². The van der Waals surface area contributed by atoms with Crippen LogP contribution in [0.3, 0.4) is 0 Å². The van der Waals surface area contributed by atoms with Gasteiger partial charge in [-0.1, -0.05) is 0 Å². The number of benzene rings is 1. The van der Waals surface area contributed by atoms with Gasteiger partial charge in [-0.25, -0.2) is 4.79 Å². The monoisotopic (exact) mass is 340 g/mol. The summed E-state index contributed by atoms with van der Waals surface area (Å²) in [4.78, 5) is 13.9. The fourth-order valence-electron chi connectivity index (χ4n) is 3.04. The van der Waals surface area contributed by atoms with E-state index in [4.69, 9.17) is 9.47 Å². The molecule has 1 saturated heterocycles. The Hall–Kier alpha value is -1.43. The first kappa shape index (κ1) is 13.5. The summed E-state index contributed by atoms with van der Waals surface area (Å²) < 4.78 is 12.3. The number of halogens is 1. The van der Waals surface area contributed by atoms with Crippen molar-refractivity contribution < 1.29 is 14.3 Å². The lowest BCUT2D eigenvalue weighted by Gasteiger charge is -2.50. The molecule has 2 heterocycles. The van der Waals surface area contributed by atoms with Crippen LogP contribution in [0, 0.1) is 0 Å². The van der Waals surface area contributed by atoms with E-state index < -0.39 is 5.72 Å². The van der Waals surface area contributed by atoms with Gasteiger partial charge in [-0.15, -0.1) is 0 Å². The molecule has 1 fully saturated rings. The van der Waals surface area contributed by atoms with Crippen LogP contribution in [0.4, 0.5) is 4.79 Å². The summed E-state index contributed by atoms with van der Waals surface area (Å²) in [7, 11) is 1.63. The summed E-state index contributed by atoms with van der Waals surface area (Å²) in [5, 5.41) is 3.04. The minimum atomic E-state index is -0.605. The van der Waals surface area contributed by atoms with Crippen LogP contribution in [-0.2, 0) is 0 Å². The molecule has 2 bridgehead atoms. The molecule has 0 aliphatic carbocycles. The third-order valence-corrected chi connectivity index (χ3v) is 4.58. The Bertz CT molecular complexity index is 578. The first-order chi connectivity index (χ1) is 9.48. The fraction of sp³-hybridized carbons (Fsp3) is 0.500. The van der Waals surface area contributed by atoms with Gasteiger partial charge >= 0.3 is 6.03 Å². The van der Waals surface area contributed by atoms with Crippen LogP contribution in [0.5, 0.6) is 11.5 Å². The number of hydrogen-bond donors (Lipinski definition) is 1. The van der Waals surface area contributed by atoms with Crippen molar-refractivity contribution in [3.63, 3.8) is 0 Å². The molecule has 6 heteroatoms. The molecule has 1 N–H and O–H groups in total. The van der Waals surface area contributed by atoms with Gasteiger partial charge in [0.1, 0.15) is 11.5 Å². The maximum absolute atomic E-state index is 12.2. The summed E-state index contributed by atoms with van der Waals surface area (Å²) in [5.41, 5.74) is 0.351. The highest BCUT2D eigenvalue weighted by molar-refractivity contribution is 9.10. The topological polar surface area (TPSA) is 50.8 Å². The molecule has 2 amide bonds. The van der Waals surface area contributed by atoms with E-state index in [1.807, 2.05) is 26.0 Å². The van der Waals surface area contributed by atoms with Crippen molar-refractivity contribution in [3.05, 3.63) is 22.2 Å². The number of amides is 2. The van der Waals surface area contributed by atoms with Crippen molar-refractivity contribution in [2.75, 3.05) is 13.7 Å². The second kappa shape index (κ2) is 4.55. The van der Waals surface area contributed by atoms with Gasteiger partial charge in [0, 0.05) is 18.5 Å². The van der Waals surface area contributed by atoms with Crippen LogP contribution in [0.15, 0.2) is 16.6 Å². The third kappa shape index (κ3) is 1.85. The van der Waals surface area contributed by atoms with Crippen molar-refractivity contribution in [1.29, 1.82) is 0 Å². The highest BCUT2D eigenvalue weighted by Gasteiger charge is 2.49. The van der Waals surface area contributed by atoms with E-state index in [1.165, 1.54) is 0 Å². The zero-order valence-corrected chi connectivity index (χ0v) is 13.3.